The second kappa shape index (κ2) is 3.96. The molecule has 84 valence electrons. The molecule has 0 amide bonds. The maximum absolute atomic E-state index is 11.7. The predicted molar refractivity (Wildman–Crippen MR) is 57.6 cm³/mol. The van der Waals surface area contributed by atoms with Gasteiger partial charge in [-0.2, -0.15) is 17.0 Å². The fourth-order valence-electron chi connectivity index (χ4n) is 1.38. The molecule has 15 heavy (non-hydrogen) atoms. The minimum Gasteiger partial charge on any atom is -0.365 e. The van der Waals surface area contributed by atoms with Gasteiger partial charge in [-0.15, -0.1) is 0 Å². The third-order valence-corrected chi connectivity index (χ3v) is 4.47. The highest BCUT2D eigenvalue weighted by atomic mass is 32.2. The molecular weight excluding hydrogens is 214 g/mol. The first-order chi connectivity index (χ1) is 7.10. The number of nitrogens with zero attached hydrogens (tertiary/aromatic N) is 2. The molecule has 0 aromatic carbocycles. The first-order valence-corrected chi connectivity index (χ1v) is 6.34. The van der Waals surface area contributed by atoms with Crippen molar-refractivity contribution in [1.29, 1.82) is 0 Å². The first-order valence-electron chi connectivity index (χ1n) is 4.94. The summed E-state index contributed by atoms with van der Waals surface area (Å²) in [4.78, 5) is 3.05. The zero-order valence-electron chi connectivity index (χ0n) is 8.68. The molecule has 1 aliphatic rings. The number of hydrogen-bond acceptors (Lipinski definition) is 2. The Balaban J connectivity index is 1.89. The maximum atomic E-state index is 11.7. The predicted octanol–water partition coefficient (Wildman–Crippen LogP) is 0.0494. The van der Waals surface area contributed by atoms with Gasteiger partial charge in [0.1, 0.15) is 0 Å². The molecule has 0 radical (unpaired) electrons. The van der Waals surface area contributed by atoms with Crippen molar-refractivity contribution in [3.05, 3.63) is 24.0 Å². The summed E-state index contributed by atoms with van der Waals surface area (Å²) >= 11 is 0. The second-order valence-corrected chi connectivity index (χ2v) is 5.71. The van der Waals surface area contributed by atoms with E-state index in [1.807, 2.05) is 18.3 Å². The Morgan fingerprint density at radius 1 is 1.53 bits per heavy atom. The molecule has 1 aromatic rings. The Morgan fingerprint density at radius 3 is 2.80 bits per heavy atom. The lowest BCUT2D eigenvalue weighted by Crippen LogP contribution is -2.33. The Kier molecular flexibility index (Phi) is 2.81. The lowest BCUT2D eigenvalue weighted by Gasteiger charge is -2.16. The van der Waals surface area contributed by atoms with Crippen LogP contribution in [-0.2, 0) is 16.6 Å². The SMILES string of the molecule is CN(CCc1ccc[nH]1)S(=O)(=O)N1CC1. The van der Waals surface area contributed by atoms with Crippen molar-refractivity contribution in [3.63, 3.8) is 0 Å². The lowest BCUT2D eigenvalue weighted by molar-refractivity contribution is 0.444. The minimum atomic E-state index is -3.17. The van der Waals surface area contributed by atoms with E-state index in [4.69, 9.17) is 0 Å². The fraction of sp³-hybridized carbons (Fsp3) is 0.556. The monoisotopic (exact) mass is 229 g/mol. The van der Waals surface area contributed by atoms with Gasteiger partial charge in [0, 0.05) is 45.0 Å². The van der Waals surface area contributed by atoms with Gasteiger partial charge in [-0.3, -0.25) is 0 Å². The number of H-pyrrole nitrogens is 1. The molecule has 0 aliphatic carbocycles. The average molecular weight is 229 g/mol. The number of aromatic amines is 1. The standard InChI is InChI=1S/C9H15N3O2S/c1-11(15(13,14)12-7-8-12)6-4-9-3-2-5-10-9/h2-3,5,10H,4,6-8H2,1H3. The van der Waals surface area contributed by atoms with Gasteiger partial charge in [-0.05, 0) is 12.1 Å². The van der Waals surface area contributed by atoms with Crippen LogP contribution in [0.25, 0.3) is 0 Å². The smallest absolute Gasteiger partial charge is 0.281 e. The van der Waals surface area contributed by atoms with Crippen molar-refractivity contribution in [2.24, 2.45) is 0 Å². The van der Waals surface area contributed by atoms with E-state index in [2.05, 4.69) is 4.98 Å². The zero-order valence-corrected chi connectivity index (χ0v) is 9.50. The van der Waals surface area contributed by atoms with Gasteiger partial charge < -0.3 is 4.98 Å². The van der Waals surface area contributed by atoms with Crippen LogP contribution in [0, 0.1) is 0 Å². The van der Waals surface area contributed by atoms with Gasteiger partial charge >= 0.3 is 0 Å². The molecule has 1 N–H and O–H groups in total. The van der Waals surface area contributed by atoms with Crippen LogP contribution in [0.2, 0.25) is 0 Å². The van der Waals surface area contributed by atoms with E-state index in [1.165, 1.54) is 8.61 Å². The number of hydrogen-bond donors (Lipinski definition) is 1. The Bertz CT molecular complexity index is 409. The number of nitrogens with one attached hydrogen (secondary N) is 1. The normalized spacial score (nSPS) is 17.2. The van der Waals surface area contributed by atoms with Crippen molar-refractivity contribution in [3.8, 4) is 0 Å². The van der Waals surface area contributed by atoms with Crippen LogP contribution in [0.4, 0.5) is 0 Å². The van der Waals surface area contributed by atoms with Gasteiger partial charge in [-0.25, -0.2) is 0 Å². The molecule has 2 heterocycles. The van der Waals surface area contributed by atoms with Gasteiger partial charge in [0.2, 0.25) is 0 Å². The Morgan fingerprint density at radius 2 is 2.27 bits per heavy atom. The largest absolute Gasteiger partial charge is 0.365 e. The zero-order chi connectivity index (χ0) is 10.9. The van der Waals surface area contributed by atoms with Gasteiger partial charge in [-0.1, -0.05) is 0 Å². The summed E-state index contributed by atoms with van der Waals surface area (Å²) in [6, 6.07) is 3.87. The van der Waals surface area contributed by atoms with Crippen molar-refractivity contribution in [2.45, 2.75) is 6.42 Å². The Hall–Kier alpha value is -0.850. The van der Waals surface area contributed by atoms with E-state index >= 15 is 0 Å². The highest BCUT2D eigenvalue weighted by Crippen LogP contribution is 2.15. The van der Waals surface area contributed by atoms with Crippen molar-refractivity contribution >= 4 is 10.2 Å². The Labute approximate surface area is 89.9 Å². The summed E-state index contributed by atoms with van der Waals surface area (Å²) in [6.07, 6.45) is 2.56. The van der Waals surface area contributed by atoms with Gasteiger partial charge in [0.05, 0.1) is 0 Å². The number of rotatable bonds is 5. The summed E-state index contributed by atoms with van der Waals surface area (Å²) in [5, 5.41) is 0. The molecule has 0 atom stereocenters. The molecular formula is C9H15N3O2S. The minimum absolute atomic E-state index is 0.513. The summed E-state index contributed by atoms with van der Waals surface area (Å²) in [6.45, 7) is 1.84. The molecule has 0 unspecified atom stereocenters. The molecule has 0 saturated carbocycles. The van der Waals surface area contributed by atoms with Crippen molar-refractivity contribution < 1.29 is 8.42 Å². The molecule has 2 rings (SSSR count). The molecule has 1 aromatic heterocycles. The first kappa shape index (κ1) is 10.7. The topological polar surface area (TPSA) is 56.2 Å². The maximum Gasteiger partial charge on any atom is 0.281 e. The summed E-state index contributed by atoms with van der Waals surface area (Å²) < 4.78 is 26.3. The molecule has 1 aliphatic heterocycles. The van der Waals surface area contributed by atoms with Crippen LogP contribution < -0.4 is 0 Å². The molecule has 5 nitrogen and oxygen atoms in total. The quantitative estimate of drug-likeness (QED) is 0.725. The van der Waals surface area contributed by atoms with Crippen LogP contribution in [0.5, 0.6) is 0 Å². The highest BCUT2D eigenvalue weighted by Gasteiger charge is 2.34. The van der Waals surface area contributed by atoms with Crippen LogP contribution in [0.3, 0.4) is 0 Å². The summed E-state index contributed by atoms with van der Waals surface area (Å²) in [5.41, 5.74) is 1.06. The van der Waals surface area contributed by atoms with Crippen molar-refractivity contribution in [2.75, 3.05) is 26.7 Å². The van der Waals surface area contributed by atoms with E-state index in [0.29, 0.717) is 19.6 Å². The van der Waals surface area contributed by atoms with E-state index < -0.39 is 10.2 Å². The highest BCUT2D eigenvalue weighted by molar-refractivity contribution is 7.87. The fourth-order valence-corrected chi connectivity index (χ4v) is 2.64. The van der Waals surface area contributed by atoms with E-state index in [9.17, 15) is 8.42 Å². The molecule has 1 fully saturated rings. The summed E-state index contributed by atoms with van der Waals surface area (Å²) in [5.74, 6) is 0. The van der Waals surface area contributed by atoms with Crippen LogP contribution in [0.15, 0.2) is 18.3 Å². The lowest BCUT2D eigenvalue weighted by atomic mass is 10.3. The number of likely N-dealkylation sites (N-methyl/N-ethyl adjacent to an activating group) is 1. The third-order valence-electron chi connectivity index (χ3n) is 2.48. The molecule has 0 bridgehead atoms. The molecule has 1 saturated heterocycles. The van der Waals surface area contributed by atoms with Crippen LogP contribution in [-0.4, -0.2) is 48.7 Å². The molecule has 0 spiro atoms. The van der Waals surface area contributed by atoms with Gasteiger partial charge in [0.25, 0.3) is 10.2 Å². The van der Waals surface area contributed by atoms with Crippen LogP contribution >= 0.6 is 0 Å². The summed E-state index contributed by atoms with van der Waals surface area (Å²) in [7, 11) is -1.54. The number of aromatic nitrogens is 1. The van der Waals surface area contributed by atoms with E-state index in [1.54, 1.807) is 7.05 Å². The van der Waals surface area contributed by atoms with E-state index in [-0.39, 0.29) is 0 Å². The average Bonchev–Trinajstić information content (AvgIpc) is 2.94. The second-order valence-electron chi connectivity index (χ2n) is 3.67. The van der Waals surface area contributed by atoms with E-state index in [0.717, 1.165) is 12.1 Å². The van der Waals surface area contributed by atoms with Crippen molar-refractivity contribution in [1.82, 2.24) is 13.6 Å². The van der Waals surface area contributed by atoms with Gasteiger partial charge in [0.15, 0.2) is 0 Å². The van der Waals surface area contributed by atoms with Crippen LogP contribution in [0.1, 0.15) is 5.69 Å². The third kappa shape index (κ3) is 2.39. The molecule has 6 heteroatoms.